The molecule has 2 heterocycles. The van der Waals surface area contributed by atoms with Crippen molar-refractivity contribution in [1.82, 2.24) is 9.59 Å². The quantitative estimate of drug-likeness (QED) is 0.780. The van der Waals surface area contributed by atoms with Crippen molar-refractivity contribution in [3.8, 4) is 10.4 Å². The molecule has 7 heteroatoms. The number of nitrogens with one attached hydrogen (secondary N) is 1. The fourth-order valence-electron chi connectivity index (χ4n) is 1.64. The highest BCUT2D eigenvalue weighted by molar-refractivity contribution is 9.10. The molecule has 0 fully saturated rings. The van der Waals surface area contributed by atoms with E-state index in [0.717, 1.165) is 10.4 Å². The van der Waals surface area contributed by atoms with Gasteiger partial charge in [-0.1, -0.05) is 16.6 Å². The number of rotatable bonds is 3. The lowest BCUT2D eigenvalue weighted by Crippen LogP contribution is -2.10. The molecule has 0 saturated carbocycles. The van der Waals surface area contributed by atoms with Gasteiger partial charge in [-0.3, -0.25) is 4.79 Å². The molecule has 0 saturated heterocycles. The van der Waals surface area contributed by atoms with Gasteiger partial charge in [0.2, 0.25) is 0 Å². The zero-order valence-electron chi connectivity index (χ0n) is 10.0. The summed E-state index contributed by atoms with van der Waals surface area (Å²) in [4.78, 5) is 12.9. The molecule has 0 bridgehead atoms. The Labute approximate surface area is 126 Å². The summed E-state index contributed by atoms with van der Waals surface area (Å²) in [7, 11) is 0. The fourth-order valence-corrected chi connectivity index (χ4v) is 2.47. The van der Waals surface area contributed by atoms with Crippen LogP contribution < -0.4 is 5.32 Å². The van der Waals surface area contributed by atoms with E-state index in [1.165, 1.54) is 11.5 Å². The number of furan rings is 1. The molecule has 0 radical (unpaired) electrons. The molecule has 20 heavy (non-hydrogen) atoms. The van der Waals surface area contributed by atoms with Crippen LogP contribution in [0.1, 0.15) is 10.6 Å². The molecule has 5 nitrogen and oxygen atoms in total. The van der Waals surface area contributed by atoms with E-state index in [9.17, 15) is 4.79 Å². The van der Waals surface area contributed by atoms with Gasteiger partial charge in [0.15, 0.2) is 10.4 Å². The number of hydrogen-bond donors (Lipinski definition) is 1. The van der Waals surface area contributed by atoms with Gasteiger partial charge < -0.3 is 9.73 Å². The molecule has 3 aromatic rings. The van der Waals surface area contributed by atoms with Crippen molar-refractivity contribution in [2.45, 2.75) is 0 Å². The maximum Gasteiger partial charge on any atom is 0.291 e. The van der Waals surface area contributed by atoms with Gasteiger partial charge in [-0.2, -0.15) is 0 Å². The van der Waals surface area contributed by atoms with Crippen molar-refractivity contribution < 1.29 is 9.21 Å². The summed E-state index contributed by atoms with van der Waals surface area (Å²) >= 11 is 4.49. The first-order chi connectivity index (χ1) is 9.72. The van der Waals surface area contributed by atoms with Crippen LogP contribution in [0, 0.1) is 0 Å². The van der Waals surface area contributed by atoms with Gasteiger partial charge in [-0.15, -0.1) is 5.10 Å². The molecule has 1 aromatic carbocycles. The van der Waals surface area contributed by atoms with E-state index < -0.39 is 0 Å². The van der Waals surface area contributed by atoms with Gasteiger partial charge in [-0.25, -0.2) is 0 Å². The van der Waals surface area contributed by atoms with E-state index in [-0.39, 0.29) is 11.7 Å². The second-order valence-electron chi connectivity index (χ2n) is 3.92. The van der Waals surface area contributed by atoms with Crippen LogP contribution in [0.4, 0.5) is 5.69 Å². The normalized spacial score (nSPS) is 10.4. The third-order valence-corrected chi connectivity index (χ3v) is 3.73. The zero-order valence-corrected chi connectivity index (χ0v) is 12.4. The summed E-state index contributed by atoms with van der Waals surface area (Å²) in [5, 5.41) is 6.56. The maximum atomic E-state index is 11.9. The molecule has 1 N–H and O–H groups in total. The van der Waals surface area contributed by atoms with Gasteiger partial charge in [0.05, 0.1) is 11.1 Å². The number of nitrogens with zero attached hydrogens (tertiary/aromatic N) is 2. The Morgan fingerprint density at radius 3 is 2.60 bits per heavy atom. The number of aromatic nitrogens is 2. The van der Waals surface area contributed by atoms with E-state index in [2.05, 4.69) is 30.8 Å². The number of carbonyl (C=O) groups excluding carboxylic acids is 1. The number of hydrogen-bond acceptors (Lipinski definition) is 5. The van der Waals surface area contributed by atoms with Crippen molar-refractivity contribution in [3.63, 3.8) is 0 Å². The highest BCUT2D eigenvalue weighted by atomic mass is 79.9. The Morgan fingerprint density at radius 1 is 1.20 bits per heavy atom. The van der Waals surface area contributed by atoms with Crippen LogP contribution in [-0.4, -0.2) is 15.5 Å². The van der Waals surface area contributed by atoms with Crippen molar-refractivity contribution in [2.24, 2.45) is 0 Å². The standard InChI is InChI=1S/C13H8BrN3O2S/c14-12-6-5-10(19-12)13(18)16-9-3-1-8(2-4-9)11-7-15-17-20-11/h1-7H,(H,16,18). The van der Waals surface area contributed by atoms with Crippen LogP contribution in [0.3, 0.4) is 0 Å². The molecule has 0 atom stereocenters. The van der Waals surface area contributed by atoms with Crippen LogP contribution in [0.25, 0.3) is 10.4 Å². The Hall–Kier alpha value is -1.99. The summed E-state index contributed by atoms with van der Waals surface area (Å²) in [6.45, 7) is 0. The zero-order chi connectivity index (χ0) is 13.9. The average molecular weight is 350 g/mol. The average Bonchev–Trinajstić information content (AvgIpc) is 3.10. The molecular formula is C13H8BrN3O2S. The van der Waals surface area contributed by atoms with Crippen molar-refractivity contribution in [1.29, 1.82) is 0 Å². The Morgan fingerprint density at radius 2 is 2.00 bits per heavy atom. The van der Waals surface area contributed by atoms with Gasteiger partial charge in [0.25, 0.3) is 5.91 Å². The minimum absolute atomic E-state index is 0.257. The van der Waals surface area contributed by atoms with Gasteiger partial charge >= 0.3 is 0 Å². The molecule has 0 aliphatic rings. The van der Waals surface area contributed by atoms with Gasteiger partial charge in [-0.05, 0) is 57.3 Å². The minimum Gasteiger partial charge on any atom is -0.444 e. The molecule has 1 amide bonds. The minimum atomic E-state index is -0.289. The number of benzene rings is 1. The third-order valence-electron chi connectivity index (χ3n) is 2.59. The van der Waals surface area contributed by atoms with Crippen molar-refractivity contribution in [3.05, 3.63) is 53.0 Å². The second-order valence-corrected chi connectivity index (χ2v) is 5.48. The number of amides is 1. The number of halogens is 1. The van der Waals surface area contributed by atoms with Crippen molar-refractivity contribution in [2.75, 3.05) is 5.32 Å². The lowest BCUT2D eigenvalue weighted by Gasteiger charge is -2.03. The molecule has 0 aliphatic carbocycles. The van der Waals surface area contributed by atoms with Crippen LogP contribution in [0.15, 0.2) is 51.7 Å². The summed E-state index contributed by atoms with van der Waals surface area (Å²) < 4.78 is 9.53. The Balaban J connectivity index is 1.74. The Kier molecular flexibility index (Phi) is 3.62. The van der Waals surface area contributed by atoms with Crippen LogP contribution in [0.2, 0.25) is 0 Å². The Bertz CT molecular complexity index is 722. The van der Waals surface area contributed by atoms with Gasteiger partial charge in [0.1, 0.15) is 0 Å². The smallest absolute Gasteiger partial charge is 0.291 e. The van der Waals surface area contributed by atoms with E-state index in [4.69, 9.17) is 4.42 Å². The SMILES string of the molecule is O=C(Nc1ccc(-c2cnns2)cc1)c1ccc(Br)o1. The van der Waals surface area contributed by atoms with Crippen LogP contribution in [-0.2, 0) is 0 Å². The monoisotopic (exact) mass is 349 g/mol. The molecule has 2 aromatic heterocycles. The van der Waals surface area contributed by atoms with E-state index in [1.54, 1.807) is 18.3 Å². The van der Waals surface area contributed by atoms with E-state index >= 15 is 0 Å². The van der Waals surface area contributed by atoms with Crippen molar-refractivity contribution >= 4 is 39.1 Å². The molecule has 0 unspecified atom stereocenters. The van der Waals surface area contributed by atoms with E-state index in [1.807, 2.05) is 24.3 Å². The number of anilines is 1. The van der Waals surface area contributed by atoms with Gasteiger partial charge in [0, 0.05) is 5.69 Å². The third kappa shape index (κ3) is 2.78. The second kappa shape index (κ2) is 5.56. The summed E-state index contributed by atoms with van der Waals surface area (Å²) in [6.07, 6.45) is 1.71. The fraction of sp³-hybridized carbons (Fsp3) is 0. The highest BCUT2D eigenvalue weighted by Crippen LogP contribution is 2.23. The first kappa shape index (κ1) is 13.0. The predicted octanol–water partition coefficient (Wildman–Crippen LogP) is 3.81. The van der Waals surface area contributed by atoms with Crippen LogP contribution in [0.5, 0.6) is 0 Å². The predicted molar refractivity (Wildman–Crippen MR) is 79.7 cm³/mol. The first-order valence-corrected chi connectivity index (χ1v) is 7.23. The summed E-state index contributed by atoms with van der Waals surface area (Å²) in [5.41, 5.74) is 1.71. The molecule has 0 aliphatic heterocycles. The van der Waals surface area contributed by atoms with Crippen LogP contribution >= 0.6 is 27.5 Å². The first-order valence-electron chi connectivity index (χ1n) is 5.67. The molecule has 3 rings (SSSR count). The molecular weight excluding hydrogens is 342 g/mol. The summed E-state index contributed by atoms with van der Waals surface area (Å²) in [5.74, 6) is -0.0319. The molecule has 100 valence electrons. The maximum absolute atomic E-state index is 11.9. The topological polar surface area (TPSA) is 68.0 Å². The highest BCUT2D eigenvalue weighted by Gasteiger charge is 2.10. The molecule has 0 spiro atoms. The lowest BCUT2D eigenvalue weighted by molar-refractivity contribution is 0.0995. The largest absolute Gasteiger partial charge is 0.444 e. The number of carbonyl (C=O) groups is 1. The van der Waals surface area contributed by atoms with E-state index in [0.29, 0.717) is 10.4 Å². The summed E-state index contributed by atoms with van der Waals surface area (Å²) in [6, 6.07) is 10.7. The lowest BCUT2D eigenvalue weighted by atomic mass is 10.2.